The van der Waals surface area contributed by atoms with Gasteiger partial charge in [0.25, 0.3) is 5.91 Å². The summed E-state index contributed by atoms with van der Waals surface area (Å²) < 4.78 is 4.07. The standard InChI is InChI=1S/C21H24N4O/c1-15-13-16(2)25(22-15)18-11-12-24(14-18)21(26)20-10-9-19(23(20)3)17-7-5-4-6-8-17/h4-10,13,18H,11-12,14H2,1-3H3/t18-/m1/s1. The van der Waals surface area contributed by atoms with Crippen molar-refractivity contribution in [2.24, 2.45) is 7.05 Å². The lowest BCUT2D eigenvalue weighted by Crippen LogP contribution is -2.30. The summed E-state index contributed by atoms with van der Waals surface area (Å²) in [4.78, 5) is 15.0. The van der Waals surface area contributed by atoms with E-state index in [4.69, 9.17) is 0 Å². The molecule has 0 radical (unpaired) electrons. The molecule has 5 nitrogen and oxygen atoms in total. The third-order valence-corrected chi connectivity index (χ3v) is 5.25. The molecule has 1 fully saturated rings. The predicted octanol–water partition coefficient (Wildman–Crippen LogP) is 3.59. The Morgan fingerprint density at radius 1 is 1.12 bits per heavy atom. The van der Waals surface area contributed by atoms with Crippen LogP contribution in [-0.2, 0) is 7.05 Å². The van der Waals surface area contributed by atoms with E-state index in [0.717, 1.165) is 41.3 Å². The second-order valence-corrected chi connectivity index (χ2v) is 7.09. The molecule has 1 aliphatic rings. The summed E-state index contributed by atoms with van der Waals surface area (Å²) in [6.45, 7) is 5.57. The Bertz CT molecular complexity index is 938. The third-order valence-electron chi connectivity index (χ3n) is 5.25. The summed E-state index contributed by atoms with van der Waals surface area (Å²) in [5, 5.41) is 4.59. The van der Waals surface area contributed by atoms with E-state index in [1.54, 1.807) is 0 Å². The van der Waals surface area contributed by atoms with Gasteiger partial charge in [0.1, 0.15) is 5.69 Å². The van der Waals surface area contributed by atoms with Gasteiger partial charge in [0, 0.05) is 31.5 Å². The maximum Gasteiger partial charge on any atom is 0.270 e. The Morgan fingerprint density at radius 2 is 1.88 bits per heavy atom. The Balaban J connectivity index is 1.54. The smallest absolute Gasteiger partial charge is 0.270 e. The molecule has 1 amide bonds. The normalized spacial score (nSPS) is 17.0. The fourth-order valence-electron chi connectivity index (χ4n) is 3.93. The second-order valence-electron chi connectivity index (χ2n) is 7.09. The highest BCUT2D eigenvalue weighted by Gasteiger charge is 2.30. The zero-order chi connectivity index (χ0) is 18.3. The molecular weight excluding hydrogens is 324 g/mol. The molecule has 5 heteroatoms. The van der Waals surface area contributed by atoms with Gasteiger partial charge in [-0.3, -0.25) is 9.48 Å². The molecule has 1 aliphatic heterocycles. The Hall–Kier alpha value is -2.82. The van der Waals surface area contributed by atoms with Crippen molar-refractivity contribution in [1.82, 2.24) is 19.2 Å². The number of carbonyl (C=O) groups is 1. The molecule has 3 aromatic rings. The number of hydrogen-bond acceptors (Lipinski definition) is 2. The molecule has 2 aromatic heterocycles. The van der Waals surface area contributed by atoms with Crippen molar-refractivity contribution in [3.8, 4) is 11.3 Å². The maximum atomic E-state index is 13.1. The average Bonchev–Trinajstić information content (AvgIpc) is 3.34. The van der Waals surface area contributed by atoms with E-state index in [0.29, 0.717) is 6.54 Å². The Morgan fingerprint density at radius 3 is 2.58 bits per heavy atom. The van der Waals surface area contributed by atoms with Crippen LogP contribution in [-0.4, -0.2) is 38.2 Å². The number of aromatic nitrogens is 3. The largest absolute Gasteiger partial charge is 0.340 e. The summed E-state index contributed by atoms with van der Waals surface area (Å²) in [5.74, 6) is 0.0960. The van der Waals surface area contributed by atoms with Crippen molar-refractivity contribution in [3.63, 3.8) is 0 Å². The highest BCUT2D eigenvalue weighted by atomic mass is 16.2. The molecule has 4 rings (SSSR count). The van der Waals surface area contributed by atoms with Crippen molar-refractivity contribution >= 4 is 5.91 Å². The fraction of sp³-hybridized carbons (Fsp3) is 0.333. The van der Waals surface area contributed by atoms with Gasteiger partial charge in [-0.25, -0.2) is 0 Å². The molecule has 1 atom stereocenters. The predicted molar refractivity (Wildman–Crippen MR) is 102 cm³/mol. The minimum Gasteiger partial charge on any atom is -0.340 e. The molecule has 0 spiro atoms. The lowest BCUT2D eigenvalue weighted by atomic mass is 10.2. The van der Waals surface area contributed by atoms with Gasteiger partial charge in [-0.05, 0) is 44.0 Å². The topological polar surface area (TPSA) is 43.1 Å². The molecule has 0 aliphatic carbocycles. The number of likely N-dealkylation sites (tertiary alicyclic amines) is 1. The first-order chi connectivity index (χ1) is 12.5. The van der Waals surface area contributed by atoms with Crippen molar-refractivity contribution < 1.29 is 4.79 Å². The summed E-state index contributed by atoms with van der Waals surface area (Å²) in [7, 11) is 1.96. The number of nitrogens with zero attached hydrogens (tertiary/aromatic N) is 4. The Kier molecular flexibility index (Phi) is 4.15. The van der Waals surface area contributed by atoms with E-state index in [-0.39, 0.29) is 11.9 Å². The molecule has 0 bridgehead atoms. The van der Waals surface area contributed by atoms with Crippen molar-refractivity contribution in [2.45, 2.75) is 26.3 Å². The zero-order valence-corrected chi connectivity index (χ0v) is 15.5. The first-order valence-corrected chi connectivity index (χ1v) is 9.08. The summed E-state index contributed by atoms with van der Waals surface area (Å²) in [5.41, 5.74) is 5.10. The van der Waals surface area contributed by atoms with Gasteiger partial charge in [0.2, 0.25) is 0 Å². The number of benzene rings is 1. The monoisotopic (exact) mass is 348 g/mol. The average molecular weight is 348 g/mol. The number of hydrogen-bond donors (Lipinski definition) is 0. The fourth-order valence-corrected chi connectivity index (χ4v) is 3.93. The molecule has 0 unspecified atom stereocenters. The lowest BCUT2D eigenvalue weighted by molar-refractivity contribution is 0.0777. The SMILES string of the molecule is Cc1cc(C)n([C@@H]2CCN(C(=O)c3ccc(-c4ccccc4)n3C)C2)n1. The third kappa shape index (κ3) is 2.83. The van der Waals surface area contributed by atoms with E-state index < -0.39 is 0 Å². The van der Waals surface area contributed by atoms with Gasteiger partial charge < -0.3 is 9.47 Å². The zero-order valence-electron chi connectivity index (χ0n) is 15.5. The summed E-state index contributed by atoms with van der Waals surface area (Å²) in [6.07, 6.45) is 0.948. The Labute approximate surface area is 153 Å². The highest BCUT2D eigenvalue weighted by molar-refractivity contribution is 5.94. The van der Waals surface area contributed by atoms with Crippen molar-refractivity contribution in [3.05, 3.63) is 65.6 Å². The van der Waals surface area contributed by atoms with Gasteiger partial charge in [-0.1, -0.05) is 30.3 Å². The van der Waals surface area contributed by atoms with E-state index in [9.17, 15) is 4.79 Å². The minimum atomic E-state index is 0.0960. The summed E-state index contributed by atoms with van der Waals surface area (Å²) >= 11 is 0. The number of carbonyl (C=O) groups excluding carboxylic acids is 1. The molecule has 134 valence electrons. The highest BCUT2D eigenvalue weighted by Crippen LogP contribution is 2.26. The van der Waals surface area contributed by atoms with E-state index >= 15 is 0 Å². The second kappa shape index (κ2) is 6.48. The molecule has 0 N–H and O–H groups in total. The molecule has 0 saturated carbocycles. The van der Waals surface area contributed by atoms with Gasteiger partial charge in [-0.15, -0.1) is 0 Å². The van der Waals surface area contributed by atoms with Crippen molar-refractivity contribution in [2.75, 3.05) is 13.1 Å². The van der Waals surface area contributed by atoms with Crippen LogP contribution in [0.5, 0.6) is 0 Å². The molecule has 3 heterocycles. The number of aryl methyl sites for hydroxylation is 2. The van der Waals surface area contributed by atoms with Crippen molar-refractivity contribution in [1.29, 1.82) is 0 Å². The molecule has 26 heavy (non-hydrogen) atoms. The quantitative estimate of drug-likeness (QED) is 0.726. The van der Waals surface area contributed by atoms with Gasteiger partial charge in [0.15, 0.2) is 0 Å². The number of amides is 1. The van der Waals surface area contributed by atoms with Crippen LogP contribution in [0.4, 0.5) is 0 Å². The molecular formula is C21H24N4O. The lowest BCUT2D eigenvalue weighted by Gasteiger charge is -2.18. The molecule has 1 saturated heterocycles. The number of rotatable bonds is 3. The van der Waals surface area contributed by atoms with Gasteiger partial charge in [-0.2, -0.15) is 5.10 Å². The van der Waals surface area contributed by atoms with Crippen LogP contribution in [0.3, 0.4) is 0 Å². The van der Waals surface area contributed by atoms with Crippen LogP contribution < -0.4 is 0 Å². The van der Waals surface area contributed by atoms with Crippen LogP contribution in [0.25, 0.3) is 11.3 Å². The van der Waals surface area contributed by atoms with Crippen LogP contribution in [0, 0.1) is 13.8 Å². The first-order valence-electron chi connectivity index (χ1n) is 9.08. The minimum absolute atomic E-state index is 0.0960. The maximum absolute atomic E-state index is 13.1. The van der Waals surface area contributed by atoms with Crippen LogP contribution in [0.1, 0.15) is 34.3 Å². The van der Waals surface area contributed by atoms with Gasteiger partial charge >= 0.3 is 0 Å². The molecule has 1 aromatic carbocycles. The summed E-state index contributed by atoms with van der Waals surface area (Å²) in [6, 6.07) is 16.5. The van der Waals surface area contributed by atoms with E-state index in [1.807, 2.05) is 53.8 Å². The van der Waals surface area contributed by atoms with Crippen LogP contribution in [0.2, 0.25) is 0 Å². The van der Waals surface area contributed by atoms with Crippen LogP contribution >= 0.6 is 0 Å². The van der Waals surface area contributed by atoms with E-state index in [2.05, 4.69) is 34.9 Å². The first kappa shape index (κ1) is 16.6. The van der Waals surface area contributed by atoms with Gasteiger partial charge in [0.05, 0.1) is 11.7 Å². The van der Waals surface area contributed by atoms with Crippen LogP contribution in [0.15, 0.2) is 48.5 Å². The van der Waals surface area contributed by atoms with E-state index in [1.165, 1.54) is 0 Å².